The highest BCUT2D eigenvalue weighted by Crippen LogP contribution is 2.35. The molecule has 0 spiro atoms. The molecule has 27 heavy (non-hydrogen) atoms. The monoisotopic (exact) mass is 384 g/mol. The van der Waals surface area contributed by atoms with E-state index in [1.165, 1.54) is 19.2 Å². The van der Waals surface area contributed by atoms with E-state index in [4.69, 9.17) is 16.3 Å². The number of nitrogens with zero attached hydrogens (tertiary/aromatic N) is 5. The molecule has 1 N–H and O–H groups in total. The summed E-state index contributed by atoms with van der Waals surface area (Å²) in [4.78, 5) is 13.3. The van der Waals surface area contributed by atoms with Crippen molar-refractivity contribution in [1.82, 2.24) is 24.7 Å². The summed E-state index contributed by atoms with van der Waals surface area (Å²) in [6.45, 7) is 0. The minimum Gasteiger partial charge on any atom is -0.495 e. The van der Waals surface area contributed by atoms with Crippen molar-refractivity contribution in [3.05, 3.63) is 53.7 Å². The SMILES string of the molecule is COc1ccc(F)c(Nc2ccc3ncc(-c4cnn(C)c4)nc3n2)c1Cl. The summed E-state index contributed by atoms with van der Waals surface area (Å²) in [5, 5.41) is 7.15. The summed E-state index contributed by atoms with van der Waals surface area (Å²) in [6.07, 6.45) is 5.19. The van der Waals surface area contributed by atoms with E-state index in [1.807, 2.05) is 13.2 Å². The van der Waals surface area contributed by atoms with Crippen molar-refractivity contribution in [2.45, 2.75) is 0 Å². The average Bonchev–Trinajstić information content (AvgIpc) is 3.11. The van der Waals surface area contributed by atoms with Crippen molar-refractivity contribution in [2.24, 2.45) is 7.05 Å². The van der Waals surface area contributed by atoms with Crippen LogP contribution < -0.4 is 10.1 Å². The second-order valence-corrected chi connectivity index (χ2v) is 6.14. The highest BCUT2D eigenvalue weighted by molar-refractivity contribution is 6.34. The summed E-state index contributed by atoms with van der Waals surface area (Å²) in [6, 6.07) is 6.16. The van der Waals surface area contributed by atoms with Gasteiger partial charge >= 0.3 is 0 Å². The lowest BCUT2D eigenvalue weighted by atomic mass is 10.2. The maximum Gasteiger partial charge on any atom is 0.180 e. The predicted molar refractivity (Wildman–Crippen MR) is 101 cm³/mol. The van der Waals surface area contributed by atoms with Crippen LogP contribution in [0.5, 0.6) is 5.75 Å². The van der Waals surface area contributed by atoms with Crippen LogP contribution in [0, 0.1) is 5.82 Å². The van der Waals surface area contributed by atoms with Gasteiger partial charge in [0.1, 0.15) is 27.9 Å². The molecule has 0 saturated carbocycles. The van der Waals surface area contributed by atoms with Crippen LogP contribution in [-0.2, 0) is 7.05 Å². The fourth-order valence-electron chi connectivity index (χ4n) is 2.59. The quantitative estimate of drug-likeness (QED) is 0.573. The number of hydrogen-bond donors (Lipinski definition) is 1. The molecule has 3 heterocycles. The van der Waals surface area contributed by atoms with E-state index in [1.54, 1.807) is 29.2 Å². The van der Waals surface area contributed by atoms with Crippen molar-refractivity contribution in [2.75, 3.05) is 12.4 Å². The Bertz CT molecular complexity index is 1150. The first kappa shape index (κ1) is 17.2. The zero-order valence-electron chi connectivity index (χ0n) is 14.4. The molecular formula is C18H14ClFN6O. The number of pyridine rings is 1. The number of halogens is 2. The number of nitrogens with one attached hydrogen (secondary N) is 1. The number of anilines is 2. The van der Waals surface area contributed by atoms with Gasteiger partial charge in [-0.2, -0.15) is 5.10 Å². The zero-order valence-corrected chi connectivity index (χ0v) is 15.2. The van der Waals surface area contributed by atoms with Gasteiger partial charge in [0.2, 0.25) is 0 Å². The number of methoxy groups -OCH3 is 1. The minimum absolute atomic E-state index is 0.0826. The van der Waals surface area contributed by atoms with Crippen molar-refractivity contribution < 1.29 is 9.13 Å². The van der Waals surface area contributed by atoms with Gasteiger partial charge in [0.05, 0.1) is 30.9 Å². The molecule has 0 atom stereocenters. The number of rotatable bonds is 4. The number of ether oxygens (including phenoxy) is 1. The fourth-order valence-corrected chi connectivity index (χ4v) is 2.87. The first-order valence-corrected chi connectivity index (χ1v) is 8.35. The smallest absolute Gasteiger partial charge is 0.180 e. The summed E-state index contributed by atoms with van der Waals surface area (Å²) < 4.78 is 21.0. The Kier molecular flexibility index (Phi) is 4.33. The number of hydrogen-bond acceptors (Lipinski definition) is 6. The highest BCUT2D eigenvalue weighted by atomic mass is 35.5. The van der Waals surface area contributed by atoms with Crippen molar-refractivity contribution in [1.29, 1.82) is 0 Å². The summed E-state index contributed by atoms with van der Waals surface area (Å²) >= 11 is 6.20. The van der Waals surface area contributed by atoms with Gasteiger partial charge in [-0.25, -0.2) is 14.4 Å². The highest BCUT2D eigenvalue weighted by Gasteiger charge is 2.14. The van der Waals surface area contributed by atoms with Crippen LogP contribution in [0.2, 0.25) is 5.02 Å². The topological polar surface area (TPSA) is 77.8 Å². The standard InChI is InChI=1S/C18H14ClFN6O/c1-26-9-10(7-22-26)13-8-21-12-4-6-15(25-18(12)23-13)24-17-11(20)3-5-14(27-2)16(17)19/h3-9H,1-2H3,(H,23,24,25). The Labute approximate surface area is 158 Å². The van der Waals surface area contributed by atoms with Crippen LogP contribution in [0.3, 0.4) is 0 Å². The van der Waals surface area contributed by atoms with Gasteiger partial charge in [0, 0.05) is 18.8 Å². The van der Waals surface area contributed by atoms with E-state index in [2.05, 4.69) is 25.4 Å². The summed E-state index contributed by atoms with van der Waals surface area (Å²) in [5.41, 5.74) is 2.59. The van der Waals surface area contributed by atoms with Gasteiger partial charge in [-0.3, -0.25) is 9.67 Å². The van der Waals surface area contributed by atoms with Crippen LogP contribution in [0.15, 0.2) is 42.9 Å². The van der Waals surface area contributed by atoms with Gasteiger partial charge in [0.25, 0.3) is 0 Å². The molecular weight excluding hydrogens is 371 g/mol. The molecule has 0 saturated heterocycles. The molecule has 0 bridgehead atoms. The third-order valence-electron chi connectivity index (χ3n) is 3.94. The van der Waals surface area contributed by atoms with E-state index in [0.717, 1.165) is 5.56 Å². The van der Waals surface area contributed by atoms with Gasteiger partial charge in [-0.15, -0.1) is 0 Å². The molecule has 0 radical (unpaired) electrons. The van der Waals surface area contributed by atoms with E-state index in [-0.39, 0.29) is 10.7 Å². The number of aromatic nitrogens is 5. The Morgan fingerprint density at radius 1 is 1.15 bits per heavy atom. The molecule has 7 nitrogen and oxygen atoms in total. The first-order chi connectivity index (χ1) is 13.0. The van der Waals surface area contributed by atoms with Crippen LogP contribution in [-0.4, -0.2) is 31.8 Å². The third-order valence-corrected chi connectivity index (χ3v) is 4.31. The number of fused-ring (bicyclic) bond motifs is 1. The molecule has 0 unspecified atom stereocenters. The van der Waals surface area contributed by atoms with E-state index in [0.29, 0.717) is 28.4 Å². The van der Waals surface area contributed by atoms with Crippen LogP contribution in [0.25, 0.3) is 22.4 Å². The third kappa shape index (κ3) is 3.26. The number of aryl methyl sites for hydroxylation is 1. The van der Waals surface area contributed by atoms with Crippen molar-refractivity contribution >= 4 is 34.3 Å². The lowest BCUT2D eigenvalue weighted by molar-refractivity contribution is 0.414. The predicted octanol–water partition coefficient (Wildman–Crippen LogP) is 3.97. The Hall–Kier alpha value is -3.26. The Balaban J connectivity index is 1.73. The van der Waals surface area contributed by atoms with Gasteiger partial charge in [-0.05, 0) is 24.3 Å². The van der Waals surface area contributed by atoms with Gasteiger partial charge in [0.15, 0.2) is 5.65 Å². The van der Waals surface area contributed by atoms with Crippen LogP contribution in [0.4, 0.5) is 15.9 Å². The number of benzene rings is 1. The Morgan fingerprint density at radius 3 is 2.74 bits per heavy atom. The molecule has 4 rings (SSSR count). The molecule has 3 aromatic heterocycles. The molecule has 0 fully saturated rings. The second kappa shape index (κ2) is 6.81. The molecule has 0 aliphatic rings. The largest absolute Gasteiger partial charge is 0.495 e. The van der Waals surface area contributed by atoms with Crippen molar-refractivity contribution in [3.8, 4) is 17.0 Å². The first-order valence-electron chi connectivity index (χ1n) is 7.97. The molecule has 0 aliphatic heterocycles. The fraction of sp³-hybridized carbons (Fsp3) is 0.111. The van der Waals surface area contributed by atoms with Crippen molar-refractivity contribution in [3.63, 3.8) is 0 Å². The van der Waals surface area contributed by atoms with E-state index >= 15 is 0 Å². The molecule has 136 valence electrons. The maximum atomic E-state index is 14.2. The van der Waals surface area contributed by atoms with Crippen LogP contribution in [0.1, 0.15) is 0 Å². The Morgan fingerprint density at radius 2 is 2.00 bits per heavy atom. The maximum absolute atomic E-state index is 14.2. The normalized spacial score (nSPS) is 11.0. The molecule has 9 heteroatoms. The lowest BCUT2D eigenvalue weighted by Crippen LogP contribution is -2.00. The van der Waals surface area contributed by atoms with E-state index < -0.39 is 5.82 Å². The van der Waals surface area contributed by atoms with E-state index in [9.17, 15) is 4.39 Å². The minimum atomic E-state index is -0.516. The zero-order chi connectivity index (χ0) is 19.0. The van der Waals surface area contributed by atoms with Crippen LogP contribution >= 0.6 is 11.6 Å². The second-order valence-electron chi connectivity index (χ2n) is 5.76. The summed E-state index contributed by atoms with van der Waals surface area (Å²) in [5.74, 6) is 0.229. The average molecular weight is 385 g/mol. The summed E-state index contributed by atoms with van der Waals surface area (Å²) in [7, 11) is 3.29. The molecule has 1 aromatic carbocycles. The molecule has 4 aromatic rings. The van der Waals surface area contributed by atoms with Gasteiger partial charge in [-0.1, -0.05) is 11.6 Å². The lowest BCUT2D eigenvalue weighted by Gasteiger charge is -2.12. The molecule has 0 amide bonds. The molecule has 0 aliphatic carbocycles. The van der Waals surface area contributed by atoms with Gasteiger partial charge < -0.3 is 10.1 Å².